The van der Waals surface area contributed by atoms with Crippen molar-refractivity contribution in [3.63, 3.8) is 0 Å². The number of aryl methyl sites for hydroxylation is 1. The van der Waals surface area contributed by atoms with E-state index < -0.39 is 0 Å². The van der Waals surface area contributed by atoms with Crippen molar-refractivity contribution in [2.24, 2.45) is 15.3 Å². The van der Waals surface area contributed by atoms with Gasteiger partial charge in [0.1, 0.15) is 0 Å². The molecule has 2 aromatic rings. The average Bonchev–Trinajstić information content (AvgIpc) is 2.39. The molecule has 0 atom stereocenters. The third-order valence-corrected chi connectivity index (χ3v) is 2.29. The first-order valence-corrected chi connectivity index (χ1v) is 5.24. The summed E-state index contributed by atoms with van der Waals surface area (Å²) in [5.74, 6) is 0. The fourth-order valence-electron chi connectivity index (χ4n) is 1.32. The lowest BCUT2D eigenvalue weighted by Gasteiger charge is -1.95. The molecule has 4 heteroatoms. The highest BCUT2D eigenvalue weighted by Gasteiger charge is 1.92. The SMILES string of the molecule is Cc1ccc(N=Nc2ccc(N=N)cc2)cc1. The van der Waals surface area contributed by atoms with Crippen LogP contribution in [0.4, 0.5) is 17.1 Å². The van der Waals surface area contributed by atoms with Crippen molar-refractivity contribution in [1.29, 1.82) is 5.53 Å². The Morgan fingerprint density at radius 3 is 1.59 bits per heavy atom. The number of nitrogens with zero attached hydrogens (tertiary/aromatic N) is 3. The summed E-state index contributed by atoms with van der Waals surface area (Å²) in [6.07, 6.45) is 0. The Bertz CT molecular complexity index is 526. The molecule has 0 aliphatic carbocycles. The summed E-state index contributed by atoms with van der Waals surface area (Å²) < 4.78 is 0. The first-order valence-electron chi connectivity index (χ1n) is 5.24. The predicted molar refractivity (Wildman–Crippen MR) is 66.6 cm³/mol. The monoisotopic (exact) mass is 224 g/mol. The molecule has 4 nitrogen and oxygen atoms in total. The fraction of sp³-hybridized carbons (Fsp3) is 0.0769. The highest BCUT2D eigenvalue weighted by atomic mass is 15.1. The third-order valence-electron chi connectivity index (χ3n) is 2.29. The molecule has 0 bridgehead atoms. The first kappa shape index (κ1) is 11.1. The normalized spacial score (nSPS) is 10.6. The lowest BCUT2D eigenvalue weighted by molar-refractivity contribution is 1.14. The number of rotatable bonds is 3. The lowest BCUT2D eigenvalue weighted by atomic mass is 10.2. The minimum absolute atomic E-state index is 0.610. The molecular formula is C13H12N4. The van der Waals surface area contributed by atoms with Crippen molar-refractivity contribution in [2.45, 2.75) is 6.92 Å². The van der Waals surface area contributed by atoms with Crippen LogP contribution in [0, 0.1) is 12.5 Å². The number of benzene rings is 2. The first-order chi connectivity index (χ1) is 8.28. The topological polar surface area (TPSA) is 60.9 Å². The van der Waals surface area contributed by atoms with E-state index in [2.05, 4.69) is 15.3 Å². The third kappa shape index (κ3) is 3.04. The second kappa shape index (κ2) is 5.12. The van der Waals surface area contributed by atoms with E-state index in [1.807, 2.05) is 31.2 Å². The van der Waals surface area contributed by atoms with Gasteiger partial charge < -0.3 is 0 Å². The van der Waals surface area contributed by atoms with E-state index in [0.29, 0.717) is 5.69 Å². The highest BCUT2D eigenvalue weighted by molar-refractivity contribution is 5.47. The molecule has 84 valence electrons. The van der Waals surface area contributed by atoms with Crippen molar-refractivity contribution in [3.8, 4) is 0 Å². The van der Waals surface area contributed by atoms with E-state index in [9.17, 15) is 0 Å². The van der Waals surface area contributed by atoms with E-state index >= 15 is 0 Å². The molecule has 0 saturated heterocycles. The largest absolute Gasteiger partial charge is 0.204 e. The van der Waals surface area contributed by atoms with Gasteiger partial charge in [-0.05, 0) is 43.3 Å². The van der Waals surface area contributed by atoms with Crippen molar-refractivity contribution >= 4 is 17.1 Å². The summed E-state index contributed by atoms with van der Waals surface area (Å²) in [6, 6.07) is 14.9. The van der Waals surface area contributed by atoms with E-state index in [0.717, 1.165) is 11.4 Å². The minimum Gasteiger partial charge on any atom is -0.204 e. The second-order valence-electron chi connectivity index (χ2n) is 3.66. The van der Waals surface area contributed by atoms with E-state index in [1.165, 1.54) is 5.56 Å². The molecule has 2 rings (SSSR count). The van der Waals surface area contributed by atoms with Gasteiger partial charge in [0, 0.05) is 0 Å². The summed E-state index contributed by atoms with van der Waals surface area (Å²) in [4.78, 5) is 0. The van der Waals surface area contributed by atoms with Crippen molar-refractivity contribution in [2.75, 3.05) is 0 Å². The van der Waals surface area contributed by atoms with Crippen LogP contribution in [-0.2, 0) is 0 Å². The van der Waals surface area contributed by atoms with Crippen LogP contribution in [0.3, 0.4) is 0 Å². The molecule has 0 radical (unpaired) electrons. The molecule has 0 aliphatic rings. The molecule has 0 aliphatic heterocycles. The highest BCUT2D eigenvalue weighted by Crippen LogP contribution is 2.21. The maximum atomic E-state index is 6.84. The van der Waals surface area contributed by atoms with Crippen LogP contribution in [-0.4, -0.2) is 0 Å². The van der Waals surface area contributed by atoms with Gasteiger partial charge in [0.05, 0.1) is 17.1 Å². The molecule has 0 unspecified atom stereocenters. The van der Waals surface area contributed by atoms with Gasteiger partial charge in [-0.3, -0.25) is 0 Å². The van der Waals surface area contributed by atoms with Crippen LogP contribution in [0.5, 0.6) is 0 Å². The Kier molecular flexibility index (Phi) is 3.35. The van der Waals surface area contributed by atoms with Gasteiger partial charge in [-0.15, -0.1) is 0 Å². The summed E-state index contributed by atoms with van der Waals surface area (Å²) in [7, 11) is 0. The molecule has 0 fully saturated rings. The molecule has 0 saturated carbocycles. The van der Waals surface area contributed by atoms with Gasteiger partial charge in [-0.2, -0.15) is 15.3 Å². The van der Waals surface area contributed by atoms with Gasteiger partial charge >= 0.3 is 0 Å². The molecular weight excluding hydrogens is 212 g/mol. The quantitative estimate of drug-likeness (QED) is 0.707. The molecule has 0 amide bonds. The zero-order valence-electron chi connectivity index (χ0n) is 9.46. The van der Waals surface area contributed by atoms with Crippen LogP contribution < -0.4 is 0 Å². The van der Waals surface area contributed by atoms with Crippen LogP contribution in [0.1, 0.15) is 5.56 Å². The Hall–Kier alpha value is -2.36. The van der Waals surface area contributed by atoms with Crippen molar-refractivity contribution in [1.82, 2.24) is 0 Å². The smallest absolute Gasteiger partial charge is 0.0858 e. The molecule has 0 aromatic heterocycles. The molecule has 2 aromatic carbocycles. The molecule has 0 heterocycles. The fourth-order valence-corrected chi connectivity index (χ4v) is 1.32. The van der Waals surface area contributed by atoms with Gasteiger partial charge in [0.15, 0.2) is 0 Å². The maximum absolute atomic E-state index is 6.84. The van der Waals surface area contributed by atoms with Crippen molar-refractivity contribution in [3.05, 3.63) is 54.1 Å². The maximum Gasteiger partial charge on any atom is 0.0858 e. The standard InChI is InChI=1S/C13H12N4/c1-10-2-4-12(5-3-10)16-17-13-8-6-11(15-14)7-9-13/h2-9,14H,1H3. The van der Waals surface area contributed by atoms with Crippen LogP contribution in [0.25, 0.3) is 0 Å². The minimum atomic E-state index is 0.610. The van der Waals surface area contributed by atoms with Gasteiger partial charge in [-0.1, -0.05) is 17.7 Å². The van der Waals surface area contributed by atoms with E-state index in [4.69, 9.17) is 5.53 Å². The Labute approximate surface area is 99.5 Å². The van der Waals surface area contributed by atoms with Crippen LogP contribution in [0.15, 0.2) is 63.9 Å². The summed E-state index contributed by atoms with van der Waals surface area (Å²) in [6.45, 7) is 2.03. The number of hydrogen-bond donors (Lipinski definition) is 1. The zero-order valence-corrected chi connectivity index (χ0v) is 9.46. The van der Waals surface area contributed by atoms with Crippen molar-refractivity contribution < 1.29 is 0 Å². The number of hydrogen-bond acceptors (Lipinski definition) is 4. The summed E-state index contributed by atoms with van der Waals surface area (Å²) in [5, 5.41) is 11.5. The molecule has 0 spiro atoms. The predicted octanol–water partition coefficient (Wildman–Crippen LogP) is 5.07. The van der Waals surface area contributed by atoms with Crippen LogP contribution in [0.2, 0.25) is 0 Å². The number of azo groups is 1. The van der Waals surface area contributed by atoms with Gasteiger partial charge in [-0.25, -0.2) is 5.53 Å². The Morgan fingerprint density at radius 2 is 1.12 bits per heavy atom. The Morgan fingerprint density at radius 1 is 0.706 bits per heavy atom. The molecule has 1 N–H and O–H groups in total. The lowest BCUT2D eigenvalue weighted by Crippen LogP contribution is -1.68. The average molecular weight is 224 g/mol. The number of nitrogens with one attached hydrogen (secondary N) is 1. The van der Waals surface area contributed by atoms with Gasteiger partial charge in [0.25, 0.3) is 0 Å². The van der Waals surface area contributed by atoms with Gasteiger partial charge in [0.2, 0.25) is 0 Å². The Balaban J connectivity index is 2.14. The summed E-state index contributed by atoms with van der Waals surface area (Å²) in [5.41, 5.74) is 10.2. The second-order valence-corrected chi connectivity index (χ2v) is 3.66. The van der Waals surface area contributed by atoms with E-state index in [-0.39, 0.29) is 0 Å². The van der Waals surface area contributed by atoms with Crippen LogP contribution >= 0.6 is 0 Å². The molecule has 17 heavy (non-hydrogen) atoms. The zero-order chi connectivity index (χ0) is 12.1. The van der Waals surface area contributed by atoms with E-state index in [1.54, 1.807) is 24.3 Å². The summed E-state index contributed by atoms with van der Waals surface area (Å²) >= 11 is 0.